The number of methoxy groups -OCH3 is 1. The molecule has 1 N–H and O–H groups in total. The summed E-state index contributed by atoms with van der Waals surface area (Å²) in [5.41, 5.74) is -0.514. The van der Waals surface area contributed by atoms with Gasteiger partial charge in [-0.3, -0.25) is 4.79 Å². The third kappa shape index (κ3) is 4.61. The summed E-state index contributed by atoms with van der Waals surface area (Å²) in [6.07, 6.45) is -0.229. The van der Waals surface area contributed by atoms with Crippen LogP contribution in [0.4, 0.5) is 8.78 Å². The second-order valence-corrected chi connectivity index (χ2v) is 8.97. The number of hydrogen-bond acceptors (Lipinski definition) is 2. The molecule has 0 spiro atoms. The first-order valence-corrected chi connectivity index (χ1v) is 10.2. The molecule has 0 aliphatic carbocycles. The molecule has 8 heteroatoms. The fourth-order valence-electron chi connectivity index (χ4n) is 3.11. The van der Waals surface area contributed by atoms with Gasteiger partial charge in [-0.25, -0.2) is 8.78 Å². The minimum atomic E-state index is -1.11. The van der Waals surface area contributed by atoms with E-state index in [4.69, 9.17) is 27.9 Å². The molecule has 0 aromatic heterocycles. The first-order chi connectivity index (χ1) is 13.0. The van der Waals surface area contributed by atoms with Gasteiger partial charge in [-0.2, -0.15) is 0 Å². The molecule has 2 aromatic carbocycles. The number of hydrogen-bond donors (Lipinski definition) is 1. The lowest BCUT2D eigenvalue weighted by Gasteiger charge is -2.33. The lowest BCUT2D eigenvalue weighted by Crippen LogP contribution is -2.36. The third-order valence-corrected chi connectivity index (χ3v) is 6.41. The molecule has 0 radical (unpaired) electrons. The van der Waals surface area contributed by atoms with Crippen LogP contribution in [-0.4, -0.2) is 18.2 Å². The number of carbonyl (C=O) groups is 1. The second-order valence-electron chi connectivity index (χ2n) is 6.97. The Morgan fingerprint density at radius 2 is 1.64 bits per heavy atom. The number of carboxylic acids is 1. The summed E-state index contributed by atoms with van der Waals surface area (Å²) >= 11 is 14.4. The van der Waals surface area contributed by atoms with Gasteiger partial charge in [-0.05, 0) is 52.3 Å². The smallest absolute Gasteiger partial charge is 0.307 e. The van der Waals surface area contributed by atoms with Crippen molar-refractivity contribution in [3.8, 4) is 0 Å². The zero-order valence-corrected chi connectivity index (χ0v) is 19.1. The van der Waals surface area contributed by atoms with Crippen molar-refractivity contribution in [2.45, 2.75) is 32.3 Å². The van der Waals surface area contributed by atoms with E-state index in [9.17, 15) is 18.7 Å². The van der Waals surface area contributed by atoms with Crippen LogP contribution in [0.3, 0.4) is 0 Å². The van der Waals surface area contributed by atoms with Gasteiger partial charge in [0.2, 0.25) is 0 Å². The highest BCUT2D eigenvalue weighted by Gasteiger charge is 2.38. The molecular formula is C20H19Cl2F2IO3. The Morgan fingerprint density at radius 1 is 1.14 bits per heavy atom. The number of aliphatic carboxylic acids is 1. The Bertz CT molecular complexity index is 857. The van der Waals surface area contributed by atoms with Gasteiger partial charge >= 0.3 is 5.97 Å². The maximum Gasteiger partial charge on any atom is 0.307 e. The molecule has 0 aliphatic rings. The molecule has 1 atom stereocenters. The normalized spacial score (nSPS) is 12.9. The van der Waals surface area contributed by atoms with E-state index >= 15 is 0 Å². The van der Waals surface area contributed by atoms with E-state index < -0.39 is 28.9 Å². The molecule has 0 saturated carbocycles. The fraction of sp³-hybridized carbons (Fsp3) is 0.350. The largest absolute Gasteiger partial charge is 0.481 e. The summed E-state index contributed by atoms with van der Waals surface area (Å²) in [4.78, 5) is 12.1. The summed E-state index contributed by atoms with van der Waals surface area (Å²) in [7, 11) is 1.29. The molecule has 0 saturated heterocycles. The predicted molar refractivity (Wildman–Crippen MR) is 114 cm³/mol. The lowest BCUT2D eigenvalue weighted by molar-refractivity contribution is -0.144. The summed E-state index contributed by atoms with van der Waals surface area (Å²) in [5.74, 6) is -4.11. The quantitative estimate of drug-likeness (QED) is 0.332. The Hall–Kier alpha value is -0.960. The molecule has 0 bridgehead atoms. The van der Waals surface area contributed by atoms with E-state index in [2.05, 4.69) is 22.6 Å². The van der Waals surface area contributed by atoms with Crippen LogP contribution in [0.1, 0.15) is 30.5 Å². The molecule has 0 amide bonds. The standard InChI is InChI=1S/C20H19Cl2F2IO3/c1-20(2,10-4-6-11(25)7-5-10)14(19(26)27)8-12-15(21)17(23)13(9-28-3)18(24)16(12)22/h4-7,14H,8-9H2,1-3H3,(H,26,27). The maximum absolute atomic E-state index is 14.5. The molecule has 1 unspecified atom stereocenters. The summed E-state index contributed by atoms with van der Waals surface area (Å²) in [6.45, 7) is 3.19. The van der Waals surface area contributed by atoms with Crippen LogP contribution in [-0.2, 0) is 28.0 Å². The van der Waals surface area contributed by atoms with Gasteiger partial charge < -0.3 is 9.84 Å². The van der Waals surface area contributed by atoms with Crippen molar-refractivity contribution in [1.82, 2.24) is 0 Å². The summed E-state index contributed by atoms with van der Waals surface area (Å²) in [5, 5.41) is 9.08. The van der Waals surface area contributed by atoms with Gasteiger partial charge in [0, 0.05) is 16.1 Å². The van der Waals surface area contributed by atoms with E-state index in [-0.39, 0.29) is 34.2 Å². The Morgan fingerprint density at radius 3 is 2.07 bits per heavy atom. The second kappa shape index (κ2) is 9.24. The van der Waals surface area contributed by atoms with Crippen molar-refractivity contribution in [3.63, 3.8) is 0 Å². The van der Waals surface area contributed by atoms with Gasteiger partial charge in [0.25, 0.3) is 0 Å². The number of carboxylic acid groups (broad SMARTS) is 1. The minimum absolute atomic E-state index is 0.0656. The van der Waals surface area contributed by atoms with Crippen molar-refractivity contribution < 1.29 is 23.4 Å². The number of rotatable bonds is 7. The van der Waals surface area contributed by atoms with Crippen molar-refractivity contribution in [1.29, 1.82) is 0 Å². The first kappa shape index (κ1) is 23.3. The van der Waals surface area contributed by atoms with Crippen molar-refractivity contribution >= 4 is 51.8 Å². The SMILES string of the molecule is COCc1c(F)c(Cl)c(CC(C(=O)O)C(C)(C)c2ccc(I)cc2)c(Cl)c1F. The van der Waals surface area contributed by atoms with Crippen molar-refractivity contribution in [2.24, 2.45) is 5.92 Å². The van der Waals surface area contributed by atoms with E-state index in [0.717, 1.165) is 9.13 Å². The average molecular weight is 543 g/mol. The van der Waals surface area contributed by atoms with Gasteiger partial charge in [0.05, 0.1) is 28.1 Å². The van der Waals surface area contributed by atoms with Crippen LogP contribution in [0, 0.1) is 21.1 Å². The van der Waals surface area contributed by atoms with Crippen LogP contribution in [0.25, 0.3) is 0 Å². The summed E-state index contributed by atoms with van der Waals surface area (Å²) < 4.78 is 34.9. The monoisotopic (exact) mass is 542 g/mol. The third-order valence-electron chi connectivity index (χ3n) is 4.90. The van der Waals surface area contributed by atoms with Crippen LogP contribution >= 0.6 is 45.8 Å². The molecule has 0 heterocycles. The molecule has 2 aromatic rings. The zero-order chi connectivity index (χ0) is 21.2. The highest BCUT2D eigenvalue weighted by Crippen LogP contribution is 2.40. The lowest BCUT2D eigenvalue weighted by atomic mass is 9.71. The molecule has 0 fully saturated rings. The highest BCUT2D eigenvalue weighted by molar-refractivity contribution is 14.1. The first-order valence-electron chi connectivity index (χ1n) is 8.33. The average Bonchev–Trinajstić information content (AvgIpc) is 2.63. The van der Waals surface area contributed by atoms with Crippen molar-refractivity contribution in [2.75, 3.05) is 7.11 Å². The number of benzene rings is 2. The molecule has 0 aliphatic heterocycles. The molecule has 152 valence electrons. The Kier molecular flexibility index (Phi) is 7.69. The fourth-order valence-corrected chi connectivity index (χ4v) is 4.09. The Labute approximate surface area is 186 Å². The van der Waals surface area contributed by atoms with Gasteiger partial charge in [0.1, 0.15) is 0 Å². The maximum atomic E-state index is 14.5. The van der Waals surface area contributed by atoms with Gasteiger partial charge in [-0.1, -0.05) is 49.2 Å². The van der Waals surface area contributed by atoms with Crippen LogP contribution in [0.15, 0.2) is 24.3 Å². The van der Waals surface area contributed by atoms with Crippen molar-refractivity contribution in [3.05, 3.63) is 66.2 Å². The minimum Gasteiger partial charge on any atom is -0.481 e. The summed E-state index contributed by atoms with van der Waals surface area (Å²) in [6, 6.07) is 7.42. The van der Waals surface area contributed by atoms with E-state index in [1.54, 1.807) is 13.8 Å². The van der Waals surface area contributed by atoms with E-state index in [1.807, 2.05) is 24.3 Å². The highest BCUT2D eigenvalue weighted by atomic mass is 127. The molecular weight excluding hydrogens is 524 g/mol. The zero-order valence-electron chi connectivity index (χ0n) is 15.5. The topological polar surface area (TPSA) is 46.5 Å². The van der Waals surface area contributed by atoms with Gasteiger partial charge in [0.15, 0.2) is 11.6 Å². The van der Waals surface area contributed by atoms with E-state index in [0.29, 0.717) is 0 Å². The van der Waals surface area contributed by atoms with Crippen LogP contribution in [0.5, 0.6) is 0 Å². The number of ether oxygens (including phenoxy) is 1. The Balaban J connectivity index is 2.53. The molecule has 28 heavy (non-hydrogen) atoms. The van der Waals surface area contributed by atoms with Crippen LogP contribution in [0.2, 0.25) is 10.0 Å². The number of halogens is 5. The van der Waals surface area contributed by atoms with E-state index in [1.165, 1.54) is 7.11 Å². The van der Waals surface area contributed by atoms with Crippen LogP contribution < -0.4 is 0 Å². The molecule has 2 rings (SSSR count). The molecule has 3 nitrogen and oxygen atoms in total. The van der Waals surface area contributed by atoms with Gasteiger partial charge in [-0.15, -0.1) is 0 Å². The predicted octanol–water partition coefficient (Wildman–Crippen LogP) is 6.24.